The van der Waals surface area contributed by atoms with Gasteiger partial charge in [0.15, 0.2) is 0 Å². The van der Waals surface area contributed by atoms with Crippen LogP contribution in [0, 0.1) is 0 Å². The fourth-order valence-electron chi connectivity index (χ4n) is 2.20. The van der Waals surface area contributed by atoms with Crippen molar-refractivity contribution in [1.82, 2.24) is 15.1 Å². The summed E-state index contributed by atoms with van der Waals surface area (Å²) in [4.78, 5) is 15.6. The van der Waals surface area contributed by atoms with Crippen LogP contribution < -0.4 is 5.32 Å². The van der Waals surface area contributed by atoms with Crippen LogP contribution >= 0.6 is 0 Å². The highest BCUT2D eigenvalue weighted by Crippen LogP contribution is 2.21. The SMILES string of the molecule is CCN(CC(=O)N(C)C)C1CNC(C)(C)C1. The molecule has 4 heteroatoms. The van der Waals surface area contributed by atoms with Crippen LogP contribution in [0.25, 0.3) is 0 Å². The molecule has 1 rings (SSSR count). The Labute approximate surface area is 99.0 Å². The zero-order valence-corrected chi connectivity index (χ0v) is 11.2. The quantitative estimate of drug-likeness (QED) is 0.761. The van der Waals surface area contributed by atoms with Crippen molar-refractivity contribution in [2.45, 2.75) is 38.8 Å². The van der Waals surface area contributed by atoms with Gasteiger partial charge in [-0.3, -0.25) is 9.69 Å². The Morgan fingerprint density at radius 3 is 2.44 bits per heavy atom. The fraction of sp³-hybridized carbons (Fsp3) is 0.917. The van der Waals surface area contributed by atoms with Crippen molar-refractivity contribution in [2.75, 3.05) is 33.7 Å². The molecular weight excluding hydrogens is 202 g/mol. The maximum absolute atomic E-state index is 11.7. The Hall–Kier alpha value is -0.610. The molecule has 0 aromatic rings. The molecule has 0 aliphatic carbocycles. The van der Waals surface area contributed by atoms with Gasteiger partial charge in [-0.05, 0) is 26.8 Å². The van der Waals surface area contributed by atoms with E-state index in [4.69, 9.17) is 0 Å². The smallest absolute Gasteiger partial charge is 0.236 e. The molecule has 1 saturated heterocycles. The van der Waals surface area contributed by atoms with Gasteiger partial charge in [-0.2, -0.15) is 0 Å². The van der Waals surface area contributed by atoms with E-state index in [0.29, 0.717) is 12.6 Å². The molecule has 1 aliphatic rings. The normalized spacial score (nSPS) is 23.8. The summed E-state index contributed by atoms with van der Waals surface area (Å²) in [5, 5.41) is 3.50. The van der Waals surface area contributed by atoms with Crippen molar-refractivity contribution >= 4 is 5.91 Å². The summed E-state index contributed by atoms with van der Waals surface area (Å²) in [6.45, 7) is 9.01. The number of carbonyl (C=O) groups excluding carboxylic acids is 1. The lowest BCUT2D eigenvalue weighted by Crippen LogP contribution is -2.43. The van der Waals surface area contributed by atoms with Crippen molar-refractivity contribution in [3.05, 3.63) is 0 Å². The standard InChI is InChI=1S/C12H25N3O/c1-6-15(9-11(16)14(4)5)10-7-12(2,3)13-8-10/h10,13H,6-9H2,1-5H3. The van der Waals surface area contributed by atoms with Crippen LogP contribution in [-0.2, 0) is 4.79 Å². The van der Waals surface area contributed by atoms with Gasteiger partial charge in [0.25, 0.3) is 0 Å². The third-order valence-electron chi connectivity index (χ3n) is 3.32. The third-order valence-corrected chi connectivity index (χ3v) is 3.32. The number of hydrogen-bond acceptors (Lipinski definition) is 3. The molecule has 1 aliphatic heterocycles. The van der Waals surface area contributed by atoms with Crippen LogP contribution in [0.15, 0.2) is 0 Å². The lowest BCUT2D eigenvalue weighted by atomic mass is 10.0. The Morgan fingerprint density at radius 1 is 1.44 bits per heavy atom. The minimum absolute atomic E-state index is 0.187. The minimum atomic E-state index is 0.187. The van der Waals surface area contributed by atoms with Gasteiger partial charge in [-0.1, -0.05) is 6.92 Å². The van der Waals surface area contributed by atoms with Crippen LogP contribution in [0.2, 0.25) is 0 Å². The van der Waals surface area contributed by atoms with Crippen molar-refractivity contribution in [2.24, 2.45) is 0 Å². The maximum Gasteiger partial charge on any atom is 0.236 e. The molecule has 0 aromatic carbocycles. The second kappa shape index (κ2) is 5.15. The maximum atomic E-state index is 11.7. The number of nitrogens with one attached hydrogen (secondary N) is 1. The highest BCUT2D eigenvalue weighted by Gasteiger charge is 2.33. The van der Waals surface area contributed by atoms with Crippen molar-refractivity contribution < 1.29 is 4.79 Å². The summed E-state index contributed by atoms with van der Waals surface area (Å²) < 4.78 is 0. The highest BCUT2D eigenvalue weighted by atomic mass is 16.2. The van der Waals surface area contributed by atoms with Gasteiger partial charge in [0.1, 0.15) is 0 Å². The lowest BCUT2D eigenvalue weighted by molar-refractivity contribution is -0.130. The molecule has 0 bridgehead atoms. The zero-order chi connectivity index (χ0) is 12.3. The average molecular weight is 227 g/mol. The Morgan fingerprint density at radius 2 is 2.06 bits per heavy atom. The first-order valence-corrected chi connectivity index (χ1v) is 6.05. The first-order chi connectivity index (χ1) is 7.35. The molecule has 1 unspecified atom stereocenters. The first-order valence-electron chi connectivity index (χ1n) is 6.05. The van der Waals surface area contributed by atoms with E-state index >= 15 is 0 Å². The fourth-order valence-corrected chi connectivity index (χ4v) is 2.20. The van der Waals surface area contributed by atoms with Gasteiger partial charge in [-0.15, -0.1) is 0 Å². The van der Waals surface area contributed by atoms with E-state index in [1.54, 1.807) is 4.90 Å². The van der Waals surface area contributed by atoms with E-state index in [0.717, 1.165) is 19.5 Å². The molecule has 1 atom stereocenters. The van der Waals surface area contributed by atoms with Crippen LogP contribution in [0.4, 0.5) is 0 Å². The highest BCUT2D eigenvalue weighted by molar-refractivity contribution is 5.77. The lowest BCUT2D eigenvalue weighted by Gasteiger charge is -2.28. The summed E-state index contributed by atoms with van der Waals surface area (Å²) >= 11 is 0. The number of amides is 1. The predicted octanol–water partition coefficient (Wildman–Crippen LogP) is 0.537. The molecule has 1 fully saturated rings. The second-order valence-corrected chi connectivity index (χ2v) is 5.47. The molecule has 0 radical (unpaired) electrons. The summed E-state index contributed by atoms with van der Waals surface area (Å²) in [6.07, 6.45) is 1.11. The zero-order valence-electron chi connectivity index (χ0n) is 11.2. The summed E-state index contributed by atoms with van der Waals surface area (Å²) in [5.74, 6) is 0.187. The van der Waals surface area contributed by atoms with Gasteiger partial charge in [-0.25, -0.2) is 0 Å². The number of nitrogens with zero attached hydrogens (tertiary/aromatic N) is 2. The van der Waals surface area contributed by atoms with E-state index in [2.05, 4.69) is 31.0 Å². The number of rotatable bonds is 4. The largest absolute Gasteiger partial charge is 0.348 e. The molecule has 0 spiro atoms. The molecule has 1 heterocycles. The van der Waals surface area contributed by atoms with E-state index < -0.39 is 0 Å². The topological polar surface area (TPSA) is 35.6 Å². The third kappa shape index (κ3) is 3.46. The van der Waals surface area contributed by atoms with Gasteiger partial charge >= 0.3 is 0 Å². The van der Waals surface area contributed by atoms with Crippen molar-refractivity contribution in [1.29, 1.82) is 0 Å². The first kappa shape index (κ1) is 13.5. The Bertz CT molecular complexity index is 251. The molecule has 0 aromatic heterocycles. The molecular formula is C12H25N3O. The van der Waals surface area contributed by atoms with Crippen molar-refractivity contribution in [3.8, 4) is 0 Å². The predicted molar refractivity (Wildman–Crippen MR) is 66.4 cm³/mol. The molecule has 1 amide bonds. The number of hydrogen-bond donors (Lipinski definition) is 1. The second-order valence-electron chi connectivity index (χ2n) is 5.47. The Kier molecular flexibility index (Phi) is 4.33. The average Bonchev–Trinajstić information content (AvgIpc) is 2.54. The molecule has 16 heavy (non-hydrogen) atoms. The van der Waals surface area contributed by atoms with E-state index in [1.807, 2.05) is 14.1 Å². The van der Waals surface area contributed by atoms with E-state index in [-0.39, 0.29) is 11.4 Å². The van der Waals surface area contributed by atoms with Crippen molar-refractivity contribution in [3.63, 3.8) is 0 Å². The molecule has 1 N–H and O–H groups in total. The summed E-state index contributed by atoms with van der Waals surface area (Å²) in [7, 11) is 3.63. The molecule has 94 valence electrons. The van der Waals surface area contributed by atoms with Gasteiger partial charge in [0, 0.05) is 32.2 Å². The van der Waals surface area contributed by atoms with Crippen LogP contribution in [-0.4, -0.2) is 61.0 Å². The van der Waals surface area contributed by atoms with Crippen LogP contribution in [0.3, 0.4) is 0 Å². The Balaban J connectivity index is 2.52. The van der Waals surface area contributed by atoms with Gasteiger partial charge in [0.05, 0.1) is 6.54 Å². The van der Waals surface area contributed by atoms with E-state index in [9.17, 15) is 4.79 Å². The monoisotopic (exact) mass is 227 g/mol. The van der Waals surface area contributed by atoms with Crippen LogP contribution in [0.1, 0.15) is 27.2 Å². The molecule has 0 saturated carbocycles. The van der Waals surface area contributed by atoms with Gasteiger partial charge < -0.3 is 10.2 Å². The summed E-state index contributed by atoms with van der Waals surface area (Å²) in [5.41, 5.74) is 0.208. The number of carbonyl (C=O) groups is 1. The van der Waals surface area contributed by atoms with Crippen LogP contribution in [0.5, 0.6) is 0 Å². The molecule has 4 nitrogen and oxygen atoms in total. The number of likely N-dealkylation sites (N-methyl/N-ethyl adjacent to an activating group) is 2. The van der Waals surface area contributed by atoms with E-state index in [1.165, 1.54) is 0 Å². The minimum Gasteiger partial charge on any atom is -0.348 e. The summed E-state index contributed by atoms with van der Waals surface area (Å²) in [6, 6.07) is 0.490. The van der Waals surface area contributed by atoms with Gasteiger partial charge in [0.2, 0.25) is 5.91 Å².